The van der Waals surface area contributed by atoms with Crippen LogP contribution < -0.4 is 4.74 Å². The quantitative estimate of drug-likeness (QED) is 0.267. The highest BCUT2D eigenvalue weighted by atomic mass is 16.5. The van der Waals surface area contributed by atoms with E-state index >= 15 is 0 Å². The predicted molar refractivity (Wildman–Crippen MR) is 137 cm³/mol. The average molecular weight is 489 g/mol. The molecule has 0 spiro atoms. The largest absolute Gasteiger partial charge is 0.494 e. The third-order valence-corrected chi connectivity index (χ3v) is 4.96. The van der Waals surface area contributed by atoms with Crippen molar-refractivity contribution in [2.45, 2.75) is 6.42 Å². The molecule has 0 bridgehead atoms. The van der Waals surface area contributed by atoms with Gasteiger partial charge < -0.3 is 19.8 Å². The lowest BCUT2D eigenvalue weighted by atomic mass is 10.1. The van der Waals surface area contributed by atoms with Crippen molar-refractivity contribution in [2.75, 3.05) is 27.2 Å². The van der Waals surface area contributed by atoms with Gasteiger partial charge in [-0.3, -0.25) is 0 Å². The summed E-state index contributed by atoms with van der Waals surface area (Å²) in [6.07, 6.45) is 3.92. The first kappa shape index (κ1) is 26.1. The molecule has 2 N–H and O–H groups in total. The molecule has 0 aliphatic heterocycles. The number of aromatic nitrogens is 3. The molecule has 4 aromatic rings. The topological polar surface area (TPSA) is 118 Å². The summed E-state index contributed by atoms with van der Waals surface area (Å²) in [7, 11) is 4.14. The Hall–Kier alpha value is -4.50. The molecule has 4 rings (SSSR count). The van der Waals surface area contributed by atoms with Crippen LogP contribution in [0.4, 0.5) is 0 Å². The second kappa shape index (κ2) is 12.8. The number of carboxylic acids is 2. The zero-order chi connectivity index (χ0) is 25.9. The number of aliphatic carboxylic acids is 2. The molecule has 0 unspecified atom stereocenters. The Morgan fingerprint density at radius 1 is 0.944 bits per heavy atom. The SMILES string of the molecule is CN(C)CCCOc1ccc(-n2nc(-c3ccccc3)c3cccnc32)cc1.O=C(O)C=CC(=O)O. The summed E-state index contributed by atoms with van der Waals surface area (Å²) in [5, 5.41) is 21.5. The molecule has 186 valence electrons. The van der Waals surface area contributed by atoms with Crippen LogP contribution >= 0.6 is 0 Å². The Balaban J connectivity index is 0.000000392. The van der Waals surface area contributed by atoms with Crippen LogP contribution in [-0.2, 0) is 9.59 Å². The Morgan fingerprint density at radius 3 is 2.22 bits per heavy atom. The molecular weight excluding hydrogens is 460 g/mol. The normalized spacial score (nSPS) is 10.9. The standard InChI is InChI=1S/C23H24N4O.C4H4O4/c1-26(2)16-7-17-28-20-13-11-19(12-14-20)27-23-21(10-6-15-24-23)22(25-27)18-8-4-3-5-9-18;5-3(6)1-2-4(7)8/h3-6,8-15H,7,16-17H2,1-2H3;1-2H,(H,5,6)(H,7,8). The number of pyridine rings is 1. The van der Waals surface area contributed by atoms with Gasteiger partial charge in [0, 0.05) is 35.8 Å². The average Bonchev–Trinajstić information content (AvgIpc) is 3.26. The van der Waals surface area contributed by atoms with Crippen molar-refractivity contribution in [3.05, 3.63) is 85.1 Å². The fourth-order valence-electron chi connectivity index (χ4n) is 3.34. The van der Waals surface area contributed by atoms with Crippen LogP contribution in [0.3, 0.4) is 0 Å². The maximum absolute atomic E-state index is 9.55. The number of ether oxygens (including phenoxy) is 1. The van der Waals surface area contributed by atoms with Crippen molar-refractivity contribution < 1.29 is 24.5 Å². The highest BCUT2D eigenvalue weighted by Crippen LogP contribution is 2.28. The summed E-state index contributed by atoms with van der Waals surface area (Å²) < 4.78 is 7.73. The minimum Gasteiger partial charge on any atom is -0.494 e. The number of benzene rings is 2. The van der Waals surface area contributed by atoms with E-state index in [2.05, 4.69) is 42.2 Å². The molecule has 0 aliphatic carbocycles. The van der Waals surface area contributed by atoms with Gasteiger partial charge in [-0.25, -0.2) is 19.3 Å². The molecule has 36 heavy (non-hydrogen) atoms. The zero-order valence-electron chi connectivity index (χ0n) is 20.1. The van der Waals surface area contributed by atoms with Crippen LogP contribution in [0.15, 0.2) is 85.1 Å². The third-order valence-electron chi connectivity index (χ3n) is 4.96. The molecule has 0 atom stereocenters. The first-order valence-corrected chi connectivity index (χ1v) is 11.3. The van der Waals surface area contributed by atoms with Gasteiger partial charge in [-0.05, 0) is 56.9 Å². The maximum atomic E-state index is 9.55. The summed E-state index contributed by atoms with van der Waals surface area (Å²) in [5.74, 6) is -1.64. The van der Waals surface area contributed by atoms with Crippen LogP contribution in [0.25, 0.3) is 28.0 Å². The number of carbonyl (C=O) groups is 2. The van der Waals surface area contributed by atoms with Crippen molar-refractivity contribution in [1.29, 1.82) is 0 Å². The molecule has 0 fully saturated rings. The van der Waals surface area contributed by atoms with Gasteiger partial charge in [0.15, 0.2) is 5.65 Å². The van der Waals surface area contributed by atoms with Crippen LogP contribution in [0.2, 0.25) is 0 Å². The summed E-state index contributed by atoms with van der Waals surface area (Å²) in [6.45, 7) is 1.73. The highest BCUT2D eigenvalue weighted by Gasteiger charge is 2.14. The lowest BCUT2D eigenvalue weighted by molar-refractivity contribution is -0.134. The summed E-state index contributed by atoms with van der Waals surface area (Å²) >= 11 is 0. The summed E-state index contributed by atoms with van der Waals surface area (Å²) in [5.41, 5.74) is 3.83. The minimum absolute atomic E-state index is 0.558. The van der Waals surface area contributed by atoms with Gasteiger partial charge in [-0.2, -0.15) is 5.10 Å². The van der Waals surface area contributed by atoms with Crippen LogP contribution in [0.5, 0.6) is 5.75 Å². The van der Waals surface area contributed by atoms with Gasteiger partial charge in [0.1, 0.15) is 11.4 Å². The number of rotatable bonds is 9. The van der Waals surface area contributed by atoms with E-state index in [0.717, 1.165) is 46.7 Å². The van der Waals surface area contributed by atoms with Crippen molar-refractivity contribution >= 4 is 23.0 Å². The Kier molecular flexibility index (Phi) is 9.30. The molecule has 2 aromatic heterocycles. The Bertz CT molecular complexity index is 1300. The highest BCUT2D eigenvalue weighted by molar-refractivity contribution is 5.92. The molecule has 0 saturated heterocycles. The predicted octanol–water partition coefficient (Wildman–Crippen LogP) is 4.13. The molecule has 2 aromatic carbocycles. The Morgan fingerprint density at radius 2 is 1.61 bits per heavy atom. The molecule has 9 nitrogen and oxygen atoms in total. The van der Waals surface area contributed by atoms with E-state index in [1.54, 1.807) is 6.20 Å². The number of hydrogen-bond acceptors (Lipinski definition) is 6. The van der Waals surface area contributed by atoms with E-state index in [-0.39, 0.29) is 0 Å². The Labute approximate surface area is 208 Å². The van der Waals surface area contributed by atoms with Gasteiger partial charge in [-0.1, -0.05) is 30.3 Å². The second-order valence-electron chi connectivity index (χ2n) is 8.01. The van der Waals surface area contributed by atoms with E-state index in [9.17, 15) is 9.59 Å². The van der Waals surface area contributed by atoms with E-state index in [0.29, 0.717) is 18.8 Å². The smallest absolute Gasteiger partial charge is 0.328 e. The molecule has 0 saturated carbocycles. The van der Waals surface area contributed by atoms with Gasteiger partial charge in [0.2, 0.25) is 0 Å². The third kappa shape index (κ3) is 7.51. The van der Waals surface area contributed by atoms with Crippen molar-refractivity contribution in [2.24, 2.45) is 0 Å². The number of hydrogen-bond donors (Lipinski definition) is 2. The van der Waals surface area contributed by atoms with Gasteiger partial charge >= 0.3 is 11.9 Å². The monoisotopic (exact) mass is 488 g/mol. The van der Waals surface area contributed by atoms with Gasteiger partial charge in [0.05, 0.1) is 12.3 Å². The number of fused-ring (bicyclic) bond motifs is 1. The van der Waals surface area contributed by atoms with Gasteiger partial charge in [-0.15, -0.1) is 0 Å². The summed E-state index contributed by atoms with van der Waals surface area (Å²) in [6, 6.07) is 22.3. The first-order valence-electron chi connectivity index (χ1n) is 11.3. The van der Waals surface area contributed by atoms with Crippen molar-refractivity contribution in [3.63, 3.8) is 0 Å². The lowest BCUT2D eigenvalue weighted by Crippen LogP contribution is -2.15. The first-order chi connectivity index (χ1) is 17.3. The van der Waals surface area contributed by atoms with Crippen LogP contribution in [0.1, 0.15) is 6.42 Å². The molecule has 0 amide bonds. The molecule has 0 aliphatic rings. The van der Waals surface area contributed by atoms with E-state index < -0.39 is 11.9 Å². The van der Waals surface area contributed by atoms with Crippen LogP contribution in [0, 0.1) is 0 Å². The fraction of sp³-hybridized carbons (Fsp3) is 0.185. The zero-order valence-corrected chi connectivity index (χ0v) is 20.1. The maximum Gasteiger partial charge on any atom is 0.328 e. The number of carboxylic acid groups (broad SMARTS) is 2. The van der Waals surface area contributed by atoms with E-state index in [1.165, 1.54) is 0 Å². The van der Waals surface area contributed by atoms with Crippen LogP contribution in [-0.4, -0.2) is 69.1 Å². The van der Waals surface area contributed by atoms with Crippen molar-refractivity contribution in [1.82, 2.24) is 19.7 Å². The molecule has 2 heterocycles. The summed E-state index contributed by atoms with van der Waals surface area (Å²) in [4.78, 5) is 25.8. The lowest BCUT2D eigenvalue weighted by Gasteiger charge is -2.10. The fourth-order valence-corrected chi connectivity index (χ4v) is 3.34. The number of nitrogens with zero attached hydrogens (tertiary/aromatic N) is 4. The molecule has 0 radical (unpaired) electrons. The van der Waals surface area contributed by atoms with E-state index in [4.69, 9.17) is 20.0 Å². The van der Waals surface area contributed by atoms with Crippen molar-refractivity contribution in [3.8, 4) is 22.7 Å². The minimum atomic E-state index is -1.26. The second-order valence-corrected chi connectivity index (χ2v) is 8.01. The van der Waals surface area contributed by atoms with Gasteiger partial charge in [0.25, 0.3) is 0 Å². The molecule has 9 heteroatoms. The molecular formula is C27H28N4O5. The van der Waals surface area contributed by atoms with E-state index in [1.807, 2.05) is 53.2 Å².